The fraction of sp³-hybridized carbons (Fsp3) is 0.474. The summed E-state index contributed by atoms with van der Waals surface area (Å²) >= 11 is -0.220. The van der Waals surface area contributed by atoms with Crippen molar-refractivity contribution in [3.63, 3.8) is 0 Å². The molecule has 5 atom stereocenters. The molecule has 4 aliphatic rings. The van der Waals surface area contributed by atoms with Crippen LogP contribution in [0, 0.1) is 34.5 Å². The number of hydrogen-bond acceptors (Lipinski definition) is 3. The van der Waals surface area contributed by atoms with Gasteiger partial charge in [0, 0.05) is 16.0 Å². The van der Waals surface area contributed by atoms with Gasteiger partial charge in [-0.1, -0.05) is 12.2 Å². The first-order valence-electron chi connectivity index (χ1n) is 8.78. The fourth-order valence-electron chi connectivity index (χ4n) is 5.86. The normalized spacial score (nSPS) is 36.6. The first-order valence-corrected chi connectivity index (χ1v) is 9.60. The molecule has 4 nitrogen and oxygen atoms in total. The van der Waals surface area contributed by atoms with Crippen LogP contribution in [-0.4, -0.2) is 22.5 Å². The van der Waals surface area contributed by atoms with E-state index in [2.05, 4.69) is 11.4 Å². The summed E-state index contributed by atoms with van der Waals surface area (Å²) in [5.41, 5.74) is -3.99. The monoisotopic (exact) mass is 395 g/mol. The highest BCUT2D eigenvalue weighted by molar-refractivity contribution is 8.00. The first kappa shape index (κ1) is 17.2. The molecule has 0 radical (unpaired) electrons. The maximum atomic E-state index is 12.8. The van der Waals surface area contributed by atoms with E-state index >= 15 is 0 Å². The number of halogens is 3. The van der Waals surface area contributed by atoms with Gasteiger partial charge in [-0.3, -0.25) is 9.59 Å². The number of anilines is 1. The minimum absolute atomic E-state index is 0.0302. The molecule has 2 N–H and O–H groups in total. The third-order valence-corrected chi connectivity index (χ3v) is 7.62. The lowest BCUT2D eigenvalue weighted by molar-refractivity contribution is -0.147. The SMILES string of the molecule is O=C(Nc1ccc(SC(F)(F)F)cc1)C1C(C(=O)O)C2C3(CC3)C23C=CC13. The Kier molecular flexibility index (Phi) is 3.24. The number of carbonyl (C=O) groups excluding carboxylic acids is 1. The van der Waals surface area contributed by atoms with Crippen molar-refractivity contribution in [2.75, 3.05) is 5.32 Å². The van der Waals surface area contributed by atoms with Gasteiger partial charge < -0.3 is 10.4 Å². The third-order valence-electron chi connectivity index (χ3n) is 6.88. The standard InChI is InChI=1S/C19H16F3NO3S/c20-19(21,22)27-10-3-1-9(2-4-10)23-15(24)12-11-5-6-18(11)14(13(12)16(25)26)17(18)7-8-17/h1-6,11-14H,7-8H2,(H,23,24)(H,25,26). The maximum Gasteiger partial charge on any atom is 0.446 e. The molecule has 2 spiro atoms. The van der Waals surface area contributed by atoms with Crippen LogP contribution in [0.25, 0.3) is 0 Å². The fourth-order valence-corrected chi connectivity index (χ4v) is 6.40. The number of carboxylic acid groups (broad SMARTS) is 1. The molecular formula is C19H16F3NO3S. The van der Waals surface area contributed by atoms with Crippen LogP contribution >= 0.6 is 11.8 Å². The molecule has 0 heterocycles. The van der Waals surface area contributed by atoms with E-state index in [-0.39, 0.29) is 45.2 Å². The Bertz CT molecular complexity index is 877. The summed E-state index contributed by atoms with van der Waals surface area (Å²) in [5.74, 6) is -2.64. The number of nitrogens with one attached hydrogen (secondary N) is 1. The smallest absolute Gasteiger partial charge is 0.446 e. The van der Waals surface area contributed by atoms with Gasteiger partial charge in [-0.25, -0.2) is 0 Å². The van der Waals surface area contributed by atoms with Crippen molar-refractivity contribution in [3.05, 3.63) is 36.4 Å². The Morgan fingerprint density at radius 1 is 1.15 bits per heavy atom. The van der Waals surface area contributed by atoms with Crippen molar-refractivity contribution in [1.29, 1.82) is 0 Å². The van der Waals surface area contributed by atoms with Gasteiger partial charge in [-0.2, -0.15) is 13.2 Å². The lowest BCUT2D eigenvalue weighted by Gasteiger charge is -2.34. The van der Waals surface area contributed by atoms with Crippen LogP contribution < -0.4 is 5.32 Å². The van der Waals surface area contributed by atoms with Crippen LogP contribution in [0.3, 0.4) is 0 Å². The molecule has 0 saturated heterocycles. The molecule has 27 heavy (non-hydrogen) atoms. The van der Waals surface area contributed by atoms with Gasteiger partial charge in [0.15, 0.2) is 0 Å². The van der Waals surface area contributed by atoms with Gasteiger partial charge in [0.05, 0.1) is 11.8 Å². The molecule has 3 saturated carbocycles. The van der Waals surface area contributed by atoms with Gasteiger partial charge >= 0.3 is 11.5 Å². The zero-order valence-electron chi connectivity index (χ0n) is 14.0. The van der Waals surface area contributed by atoms with Gasteiger partial charge in [0.2, 0.25) is 5.91 Å². The van der Waals surface area contributed by atoms with E-state index in [9.17, 15) is 27.9 Å². The van der Waals surface area contributed by atoms with Crippen molar-refractivity contribution >= 4 is 29.3 Å². The van der Waals surface area contributed by atoms with Gasteiger partial charge in [-0.15, -0.1) is 0 Å². The zero-order chi connectivity index (χ0) is 19.2. The van der Waals surface area contributed by atoms with Crippen molar-refractivity contribution in [3.8, 4) is 0 Å². The minimum atomic E-state index is -4.37. The highest BCUT2D eigenvalue weighted by Gasteiger charge is 2.92. The average molecular weight is 395 g/mol. The molecule has 8 heteroatoms. The Morgan fingerprint density at radius 2 is 1.81 bits per heavy atom. The second kappa shape index (κ2) is 5.10. The topological polar surface area (TPSA) is 66.4 Å². The molecule has 5 rings (SSSR count). The number of hydrogen-bond donors (Lipinski definition) is 2. The highest BCUT2D eigenvalue weighted by atomic mass is 32.2. The summed E-state index contributed by atoms with van der Waals surface area (Å²) in [4.78, 5) is 24.8. The number of benzene rings is 1. The van der Waals surface area contributed by atoms with Gasteiger partial charge in [0.1, 0.15) is 0 Å². The van der Waals surface area contributed by atoms with Crippen molar-refractivity contribution in [2.24, 2.45) is 34.5 Å². The Balaban J connectivity index is 1.33. The van der Waals surface area contributed by atoms with Gasteiger partial charge in [-0.05, 0) is 66.1 Å². The number of carboxylic acids is 1. The molecule has 3 fully saturated rings. The Morgan fingerprint density at radius 3 is 2.30 bits per heavy atom. The third kappa shape index (κ3) is 2.19. The quantitative estimate of drug-likeness (QED) is 0.594. The summed E-state index contributed by atoms with van der Waals surface area (Å²) in [6, 6.07) is 5.40. The number of allylic oxidation sites excluding steroid dienone is 2. The highest BCUT2D eigenvalue weighted by Crippen LogP contribution is 2.94. The summed E-state index contributed by atoms with van der Waals surface area (Å²) < 4.78 is 37.2. The van der Waals surface area contributed by atoms with Crippen molar-refractivity contribution in [1.82, 2.24) is 0 Å². The lowest BCUT2D eigenvalue weighted by atomic mass is 9.70. The number of thioether (sulfide) groups is 1. The van der Waals surface area contributed by atoms with E-state index in [0.717, 1.165) is 12.8 Å². The van der Waals surface area contributed by atoms with Crippen LogP contribution in [0.4, 0.5) is 18.9 Å². The van der Waals surface area contributed by atoms with Gasteiger partial charge in [0.25, 0.3) is 0 Å². The van der Waals surface area contributed by atoms with Crippen molar-refractivity contribution < 1.29 is 27.9 Å². The lowest BCUT2D eigenvalue weighted by Crippen LogP contribution is -2.40. The number of carbonyl (C=O) groups is 2. The van der Waals surface area contributed by atoms with Crippen LogP contribution in [0.5, 0.6) is 0 Å². The number of fused-ring (bicyclic) bond motifs is 1. The maximum absolute atomic E-state index is 12.8. The molecule has 0 aromatic heterocycles. The number of alkyl halides is 3. The zero-order valence-corrected chi connectivity index (χ0v) is 14.8. The molecule has 0 aliphatic heterocycles. The molecule has 5 unspecified atom stereocenters. The van der Waals surface area contributed by atoms with E-state index in [1.807, 2.05) is 6.08 Å². The van der Waals surface area contributed by atoms with Crippen LogP contribution in [-0.2, 0) is 9.59 Å². The second-order valence-electron chi connectivity index (χ2n) is 7.90. The summed E-state index contributed by atoms with van der Waals surface area (Å²) in [6.45, 7) is 0. The van der Waals surface area contributed by atoms with E-state index in [1.54, 1.807) is 0 Å². The van der Waals surface area contributed by atoms with Crippen LogP contribution in [0.2, 0.25) is 0 Å². The Labute approximate surface area is 157 Å². The molecule has 1 aromatic rings. The second-order valence-corrected chi connectivity index (χ2v) is 9.04. The van der Waals surface area contributed by atoms with Crippen LogP contribution in [0.15, 0.2) is 41.3 Å². The van der Waals surface area contributed by atoms with Crippen molar-refractivity contribution in [2.45, 2.75) is 23.2 Å². The minimum Gasteiger partial charge on any atom is -0.481 e. The summed E-state index contributed by atoms with van der Waals surface area (Å²) in [6.07, 6.45) is 6.13. The van der Waals surface area contributed by atoms with E-state index in [0.29, 0.717) is 5.69 Å². The number of rotatable bonds is 4. The van der Waals surface area contributed by atoms with E-state index < -0.39 is 23.3 Å². The largest absolute Gasteiger partial charge is 0.481 e. The number of amides is 1. The van der Waals surface area contributed by atoms with E-state index in [4.69, 9.17) is 0 Å². The molecule has 1 aromatic carbocycles. The average Bonchev–Trinajstić information content (AvgIpc) is 3.42. The summed E-state index contributed by atoms with van der Waals surface area (Å²) in [5, 5.41) is 12.4. The van der Waals surface area contributed by atoms with Crippen LogP contribution in [0.1, 0.15) is 12.8 Å². The molecule has 1 amide bonds. The molecule has 0 bridgehead atoms. The van der Waals surface area contributed by atoms with E-state index in [1.165, 1.54) is 24.3 Å². The predicted octanol–water partition coefficient (Wildman–Crippen LogP) is 4.15. The Hall–Kier alpha value is -1.96. The first-order chi connectivity index (χ1) is 12.7. The number of aliphatic carboxylic acids is 1. The summed E-state index contributed by atoms with van der Waals surface area (Å²) in [7, 11) is 0. The predicted molar refractivity (Wildman–Crippen MR) is 91.8 cm³/mol. The molecular weight excluding hydrogens is 379 g/mol. The molecule has 142 valence electrons. The molecule has 4 aliphatic carbocycles.